The summed E-state index contributed by atoms with van der Waals surface area (Å²) in [6, 6.07) is 4.95. The molecule has 3 aliphatic rings. The predicted octanol–water partition coefficient (Wildman–Crippen LogP) is 10.2. The van der Waals surface area contributed by atoms with Crippen LogP contribution < -0.4 is 0 Å². The Bertz CT molecular complexity index is 743. The number of aromatic hydroxyl groups is 1. The quantitative estimate of drug-likeness (QED) is 0.399. The molecule has 0 bridgehead atoms. The van der Waals surface area contributed by atoms with Crippen LogP contribution in [-0.4, -0.2) is 22.1 Å². The van der Waals surface area contributed by atoms with Gasteiger partial charge in [-0.25, -0.2) is 0 Å². The van der Waals surface area contributed by atoms with Gasteiger partial charge in [-0.1, -0.05) is 0 Å². The van der Waals surface area contributed by atoms with Gasteiger partial charge < -0.3 is 0 Å². The summed E-state index contributed by atoms with van der Waals surface area (Å²) in [4.78, 5) is 0. The topological polar surface area (TPSA) is 20.2 Å². The molecule has 0 aliphatic heterocycles. The van der Waals surface area contributed by atoms with Gasteiger partial charge in [-0.05, 0) is 0 Å². The maximum absolute atomic E-state index is 11.4. The van der Waals surface area contributed by atoms with Crippen LogP contribution in [-0.2, 0) is 17.0 Å². The summed E-state index contributed by atoms with van der Waals surface area (Å²) in [6.07, 6.45) is 23.8. The van der Waals surface area contributed by atoms with E-state index in [1.54, 1.807) is 5.56 Å². The summed E-state index contributed by atoms with van der Waals surface area (Å²) >= 11 is 0. The minimum absolute atomic E-state index is 0.0369. The van der Waals surface area contributed by atoms with Gasteiger partial charge in [0, 0.05) is 0 Å². The summed E-state index contributed by atoms with van der Waals surface area (Å²) < 4.78 is 0. The molecule has 0 saturated heterocycles. The molecule has 0 unspecified atom stereocenters. The van der Waals surface area contributed by atoms with Crippen LogP contribution in [0.1, 0.15) is 155 Å². The van der Waals surface area contributed by atoms with Crippen LogP contribution in [0.2, 0.25) is 0 Å². The van der Waals surface area contributed by atoms with Crippen molar-refractivity contribution in [1.29, 1.82) is 0 Å². The fourth-order valence-corrected chi connectivity index (χ4v) is 16.9. The van der Waals surface area contributed by atoms with E-state index in [2.05, 4.69) is 53.7 Å². The Labute approximate surface area is 218 Å². The number of phenolic OH excluding ortho intramolecular Hbond substituents is 1. The zero-order valence-electron chi connectivity index (χ0n) is 24.1. The second kappa shape index (κ2) is 11.1. The van der Waals surface area contributed by atoms with Crippen molar-refractivity contribution in [2.75, 3.05) is 0 Å². The zero-order valence-corrected chi connectivity index (χ0v) is 25.1. The fraction of sp³-hybridized carbons (Fsp3) is 0.818. The normalized spacial score (nSPS) is 22.9. The van der Waals surface area contributed by atoms with E-state index in [0.29, 0.717) is 5.75 Å². The molecule has 0 spiro atoms. The number of hydrogen-bond donors (Lipinski definition) is 1. The number of benzene rings is 1. The summed E-state index contributed by atoms with van der Waals surface area (Å²) in [7, 11) is -1.60. The van der Waals surface area contributed by atoms with Crippen molar-refractivity contribution >= 4 is 7.26 Å². The van der Waals surface area contributed by atoms with Crippen LogP contribution in [0.25, 0.3) is 0 Å². The molecule has 0 atom stereocenters. The van der Waals surface area contributed by atoms with Crippen molar-refractivity contribution in [1.82, 2.24) is 0 Å². The summed E-state index contributed by atoms with van der Waals surface area (Å²) in [5, 5.41) is 11.4. The third-order valence-electron chi connectivity index (χ3n) is 10.4. The van der Waals surface area contributed by atoms with Gasteiger partial charge in [0.05, 0.1) is 0 Å². The number of rotatable bonds is 5. The first-order valence-electron chi connectivity index (χ1n) is 15.4. The average Bonchev–Trinajstić information content (AvgIpc) is 2.83. The first-order chi connectivity index (χ1) is 16.5. The monoisotopic (exact) mass is 500 g/mol. The van der Waals surface area contributed by atoms with E-state index in [4.69, 9.17) is 0 Å². The van der Waals surface area contributed by atoms with Crippen molar-refractivity contribution in [3.8, 4) is 5.75 Å². The fourth-order valence-electron chi connectivity index (χ4n) is 8.65. The van der Waals surface area contributed by atoms with E-state index in [9.17, 15) is 5.11 Å². The molecule has 200 valence electrons. The van der Waals surface area contributed by atoms with Gasteiger partial charge in [0.25, 0.3) is 0 Å². The molecular weight excluding hydrogens is 443 g/mol. The Morgan fingerprint density at radius 2 is 0.914 bits per heavy atom. The van der Waals surface area contributed by atoms with E-state index in [1.165, 1.54) is 114 Å². The van der Waals surface area contributed by atoms with Gasteiger partial charge >= 0.3 is 219 Å². The van der Waals surface area contributed by atoms with Crippen LogP contribution >= 0.6 is 7.26 Å². The molecule has 1 nitrogen and oxygen atoms in total. The number of hydrogen-bond acceptors (Lipinski definition) is 1. The SMILES string of the molecule is CC(C)(C)c1cc(C[PH](C2CCCCC2)(C2CCCCC2)C2CCCCC2)cc(C(C)(C)C)c1O. The molecule has 0 radical (unpaired) electrons. The molecule has 3 saturated carbocycles. The second-order valence-corrected chi connectivity index (χ2v) is 19.9. The van der Waals surface area contributed by atoms with Crippen LogP contribution in [0, 0.1) is 0 Å². The van der Waals surface area contributed by atoms with Crippen molar-refractivity contribution in [2.45, 2.75) is 172 Å². The molecule has 3 aliphatic carbocycles. The Morgan fingerprint density at radius 1 is 0.600 bits per heavy atom. The van der Waals surface area contributed by atoms with E-state index in [-0.39, 0.29) is 10.8 Å². The number of phenols is 1. The van der Waals surface area contributed by atoms with Gasteiger partial charge in [-0.15, -0.1) is 0 Å². The van der Waals surface area contributed by atoms with Crippen molar-refractivity contribution in [3.05, 3.63) is 28.8 Å². The first kappa shape index (κ1) is 27.5. The van der Waals surface area contributed by atoms with Gasteiger partial charge in [0.1, 0.15) is 0 Å². The van der Waals surface area contributed by atoms with Gasteiger partial charge in [0.2, 0.25) is 0 Å². The summed E-state index contributed by atoms with van der Waals surface area (Å²) in [5.74, 6) is 0.564. The Balaban J connectivity index is 1.86. The van der Waals surface area contributed by atoms with Crippen LogP contribution in [0.15, 0.2) is 12.1 Å². The molecule has 0 heterocycles. The molecule has 1 aromatic rings. The average molecular weight is 501 g/mol. The predicted molar refractivity (Wildman–Crippen MR) is 158 cm³/mol. The molecule has 4 rings (SSSR count). The van der Waals surface area contributed by atoms with Crippen molar-refractivity contribution in [3.63, 3.8) is 0 Å². The zero-order chi connectivity index (χ0) is 25.3. The van der Waals surface area contributed by atoms with Gasteiger partial charge in [-0.2, -0.15) is 0 Å². The maximum atomic E-state index is 11.4. The van der Waals surface area contributed by atoms with E-state index in [0.717, 1.165) is 17.0 Å². The minimum atomic E-state index is -1.60. The van der Waals surface area contributed by atoms with E-state index < -0.39 is 7.26 Å². The molecule has 1 aromatic carbocycles. The Morgan fingerprint density at radius 3 is 1.20 bits per heavy atom. The third kappa shape index (κ3) is 5.97. The van der Waals surface area contributed by atoms with Gasteiger partial charge in [-0.3, -0.25) is 0 Å². The standard InChI is InChI=1S/C33H57OP/c1-32(2,3)29-22-25(23-30(31(29)34)33(4,5)6)24-35(26-16-10-7-11-17-26,27-18-12-8-13-19-27)28-20-14-9-15-21-28/h22-23,26-28,34-35H,7-21,24H2,1-6H3. The Kier molecular flexibility index (Phi) is 8.68. The summed E-state index contributed by atoms with van der Waals surface area (Å²) in [6.45, 7) is 13.7. The second-order valence-electron chi connectivity index (χ2n) is 14.8. The first-order valence-corrected chi connectivity index (χ1v) is 17.8. The van der Waals surface area contributed by atoms with Crippen molar-refractivity contribution in [2.24, 2.45) is 0 Å². The van der Waals surface area contributed by atoms with Gasteiger partial charge in [0.15, 0.2) is 0 Å². The summed E-state index contributed by atoms with van der Waals surface area (Å²) in [5.41, 5.74) is 6.98. The Hall–Kier alpha value is -0.550. The van der Waals surface area contributed by atoms with E-state index in [1.807, 2.05) is 0 Å². The van der Waals surface area contributed by atoms with E-state index >= 15 is 0 Å². The molecule has 2 heteroatoms. The third-order valence-corrected chi connectivity index (χ3v) is 17.7. The van der Waals surface area contributed by atoms with Crippen LogP contribution in [0.4, 0.5) is 0 Å². The molecule has 3 fully saturated rings. The molecule has 0 amide bonds. The molecule has 0 aromatic heterocycles. The van der Waals surface area contributed by atoms with Crippen LogP contribution in [0.3, 0.4) is 0 Å². The molecule has 35 heavy (non-hydrogen) atoms. The molecule has 1 N–H and O–H groups in total. The van der Waals surface area contributed by atoms with Crippen LogP contribution in [0.5, 0.6) is 5.75 Å². The van der Waals surface area contributed by atoms with Crippen molar-refractivity contribution < 1.29 is 5.11 Å². The molecular formula is C33H57OP.